The second kappa shape index (κ2) is 5.64. The summed E-state index contributed by atoms with van der Waals surface area (Å²) in [6.07, 6.45) is 3.61. The Morgan fingerprint density at radius 3 is 2.95 bits per heavy atom. The number of anilines is 1. The topological polar surface area (TPSA) is 84.7 Å². The van der Waals surface area contributed by atoms with Gasteiger partial charge in [0, 0.05) is 26.1 Å². The molecule has 1 amide bonds. The Balaban J connectivity index is 1.97. The van der Waals surface area contributed by atoms with E-state index >= 15 is 0 Å². The van der Waals surface area contributed by atoms with Crippen molar-refractivity contribution in [3.8, 4) is 0 Å². The third-order valence-electron chi connectivity index (χ3n) is 2.62. The van der Waals surface area contributed by atoms with E-state index in [1.165, 1.54) is 6.33 Å². The fourth-order valence-corrected chi connectivity index (χ4v) is 1.79. The maximum Gasteiger partial charge on any atom is 0.221 e. The van der Waals surface area contributed by atoms with E-state index in [-0.39, 0.29) is 11.9 Å². The van der Waals surface area contributed by atoms with Crippen molar-refractivity contribution < 1.29 is 4.79 Å². The zero-order valence-corrected chi connectivity index (χ0v) is 11.3. The smallest absolute Gasteiger partial charge is 0.221 e. The first-order chi connectivity index (χ1) is 9.08. The molecule has 2 rings (SSSR count). The van der Waals surface area contributed by atoms with Gasteiger partial charge in [0.05, 0.1) is 11.6 Å². The van der Waals surface area contributed by atoms with E-state index in [0.717, 1.165) is 11.0 Å². The van der Waals surface area contributed by atoms with E-state index in [1.807, 2.05) is 20.9 Å². The zero-order valence-electron chi connectivity index (χ0n) is 11.3. The van der Waals surface area contributed by atoms with Gasteiger partial charge < -0.3 is 10.6 Å². The van der Waals surface area contributed by atoms with Crippen LogP contribution in [0.4, 0.5) is 5.82 Å². The molecule has 0 spiro atoms. The standard InChI is InChI=1S/C12H18N6O/c1-8(2)17-10(19)4-5-13-11-9-6-16-18(3)12(9)15-7-14-11/h6-8H,4-5H2,1-3H3,(H,17,19)(H,13,14,15). The van der Waals surface area contributed by atoms with Crippen LogP contribution in [0.15, 0.2) is 12.5 Å². The molecule has 2 heterocycles. The quantitative estimate of drug-likeness (QED) is 0.828. The van der Waals surface area contributed by atoms with Crippen molar-refractivity contribution in [1.29, 1.82) is 0 Å². The van der Waals surface area contributed by atoms with Crippen LogP contribution in [0.25, 0.3) is 11.0 Å². The van der Waals surface area contributed by atoms with Gasteiger partial charge in [-0.3, -0.25) is 9.48 Å². The largest absolute Gasteiger partial charge is 0.369 e. The van der Waals surface area contributed by atoms with Gasteiger partial charge in [-0.25, -0.2) is 9.97 Å². The monoisotopic (exact) mass is 262 g/mol. The van der Waals surface area contributed by atoms with Gasteiger partial charge in [0.15, 0.2) is 5.65 Å². The summed E-state index contributed by atoms with van der Waals surface area (Å²) in [6.45, 7) is 4.41. The van der Waals surface area contributed by atoms with Crippen LogP contribution in [0.2, 0.25) is 0 Å². The number of hydrogen-bond acceptors (Lipinski definition) is 5. The maximum absolute atomic E-state index is 11.5. The number of aromatic nitrogens is 4. The van der Waals surface area contributed by atoms with Crippen molar-refractivity contribution >= 4 is 22.8 Å². The molecule has 2 aromatic rings. The summed E-state index contributed by atoms with van der Waals surface area (Å²) in [7, 11) is 1.83. The average Bonchev–Trinajstić information content (AvgIpc) is 2.71. The molecule has 2 aromatic heterocycles. The predicted molar refractivity (Wildman–Crippen MR) is 72.7 cm³/mol. The van der Waals surface area contributed by atoms with E-state index in [9.17, 15) is 4.79 Å². The van der Waals surface area contributed by atoms with Crippen LogP contribution in [0.1, 0.15) is 20.3 Å². The number of nitrogens with one attached hydrogen (secondary N) is 2. The van der Waals surface area contributed by atoms with Gasteiger partial charge in [-0.1, -0.05) is 0 Å². The number of carbonyl (C=O) groups excluding carboxylic acids is 1. The second-order valence-corrected chi connectivity index (χ2v) is 4.63. The van der Waals surface area contributed by atoms with Crippen molar-refractivity contribution in [2.24, 2.45) is 7.05 Å². The molecular weight excluding hydrogens is 244 g/mol. The van der Waals surface area contributed by atoms with Gasteiger partial charge in [-0.05, 0) is 13.8 Å². The van der Waals surface area contributed by atoms with Crippen LogP contribution in [0.3, 0.4) is 0 Å². The second-order valence-electron chi connectivity index (χ2n) is 4.63. The van der Waals surface area contributed by atoms with Crippen molar-refractivity contribution in [2.75, 3.05) is 11.9 Å². The molecule has 0 unspecified atom stereocenters. The fourth-order valence-electron chi connectivity index (χ4n) is 1.79. The first-order valence-electron chi connectivity index (χ1n) is 6.24. The lowest BCUT2D eigenvalue weighted by atomic mass is 10.3. The molecule has 0 saturated carbocycles. The summed E-state index contributed by atoms with van der Waals surface area (Å²) in [6, 6.07) is 0.164. The predicted octanol–water partition coefficient (Wildman–Crippen LogP) is 0.690. The SMILES string of the molecule is CC(C)NC(=O)CCNc1ncnc2c1cnn2C. The molecule has 0 saturated heterocycles. The lowest BCUT2D eigenvalue weighted by molar-refractivity contribution is -0.121. The Morgan fingerprint density at radius 1 is 1.42 bits per heavy atom. The van der Waals surface area contributed by atoms with Gasteiger partial charge in [0.2, 0.25) is 5.91 Å². The molecule has 0 atom stereocenters. The van der Waals surface area contributed by atoms with E-state index in [2.05, 4.69) is 25.7 Å². The highest BCUT2D eigenvalue weighted by atomic mass is 16.1. The number of rotatable bonds is 5. The molecule has 0 radical (unpaired) electrons. The van der Waals surface area contributed by atoms with Gasteiger partial charge in [-0.2, -0.15) is 5.10 Å². The molecule has 0 aliphatic rings. The minimum atomic E-state index is 0.0268. The fraction of sp³-hybridized carbons (Fsp3) is 0.500. The Kier molecular flexibility index (Phi) is 3.94. The summed E-state index contributed by atoms with van der Waals surface area (Å²) >= 11 is 0. The van der Waals surface area contributed by atoms with E-state index in [0.29, 0.717) is 18.8 Å². The van der Waals surface area contributed by atoms with Gasteiger partial charge in [0.25, 0.3) is 0 Å². The number of hydrogen-bond donors (Lipinski definition) is 2. The van der Waals surface area contributed by atoms with Gasteiger partial charge in [0.1, 0.15) is 12.1 Å². The lowest BCUT2D eigenvalue weighted by Crippen LogP contribution is -2.31. The number of nitrogens with zero attached hydrogens (tertiary/aromatic N) is 4. The Labute approximate surface area is 111 Å². The third-order valence-corrected chi connectivity index (χ3v) is 2.62. The molecule has 0 bridgehead atoms. The Bertz CT molecular complexity index is 577. The molecule has 7 nitrogen and oxygen atoms in total. The van der Waals surface area contributed by atoms with Crippen LogP contribution in [0, 0.1) is 0 Å². The Hall–Kier alpha value is -2.18. The van der Waals surface area contributed by atoms with Gasteiger partial charge >= 0.3 is 0 Å². The highest BCUT2D eigenvalue weighted by Gasteiger charge is 2.08. The van der Waals surface area contributed by atoms with Crippen molar-refractivity contribution in [1.82, 2.24) is 25.1 Å². The van der Waals surface area contributed by atoms with Crippen LogP contribution in [-0.4, -0.2) is 38.2 Å². The van der Waals surface area contributed by atoms with Crippen molar-refractivity contribution in [2.45, 2.75) is 26.3 Å². The first kappa shape index (κ1) is 13.3. The van der Waals surface area contributed by atoms with E-state index in [1.54, 1.807) is 10.9 Å². The molecule has 102 valence electrons. The zero-order chi connectivity index (χ0) is 13.8. The first-order valence-corrected chi connectivity index (χ1v) is 6.24. The van der Waals surface area contributed by atoms with E-state index in [4.69, 9.17) is 0 Å². The van der Waals surface area contributed by atoms with Crippen LogP contribution >= 0.6 is 0 Å². The molecule has 0 fully saturated rings. The molecule has 2 N–H and O–H groups in total. The van der Waals surface area contributed by atoms with Crippen molar-refractivity contribution in [3.05, 3.63) is 12.5 Å². The van der Waals surface area contributed by atoms with Crippen LogP contribution in [-0.2, 0) is 11.8 Å². The van der Waals surface area contributed by atoms with Crippen LogP contribution < -0.4 is 10.6 Å². The average molecular weight is 262 g/mol. The highest BCUT2D eigenvalue weighted by molar-refractivity contribution is 5.86. The molecule has 0 aromatic carbocycles. The maximum atomic E-state index is 11.5. The normalized spacial score (nSPS) is 10.9. The minimum absolute atomic E-state index is 0.0268. The van der Waals surface area contributed by atoms with Crippen LogP contribution in [0.5, 0.6) is 0 Å². The number of aryl methyl sites for hydroxylation is 1. The summed E-state index contributed by atoms with van der Waals surface area (Å²) in [5.74, 6) is 0.731. The number of amides is 1. The highest BCUT2D eigenvalue weighted by Crippen LogP contribution is 2.17. The summed E-state index contributed by atoms with van der Waals surface area (Å²) in [5, 5.41) is 11.0. The minimum Gasteiger partial charge on any atom is -0.369 e. The number of carbonyl (C=O) groups is 1. The van der Waals surface area contributed by atoms with E-state index < -0.39 is 0 Å². The molecule has 0 aliphatic carbocycles. The van der Waals surface area contributed by atoms with Gasteiger partial charge in [-0.15, -0.1) is 0 Å². The lowest BCUT2D eigenvalue weighted by Gasteiger charge is -2.09. The molecule has 7 heteroatoms. The number of fused-ring (bicyclic) bond motifs is 1. The molecule has 0 aliphatic heterocycles. The summed E-state index contributed by atoms with van der Waals surface area (Å²) in [5.41, 5.74) is 0.768. The summed E-state index contributed by atoms with van der Waals surface area (Å²) < 4.78 is 1.69. The Morgan fingerprint density at radius 2 is 2.21 bits per heavy atom. The van der Waals surface area contributed by atoms with Crippen molar-refractivity contribution in [3.63, 3.8) is 0 Å². The summed E-state index contributed by atoms with van der Waals surface area (Å²) in [4.78, 5) is 19.8. The third kappa shape index (κ3) is 3.18. The molecule has 19 heavy (non-hydrogen) atoms. The molecular formula is C12H18N6O.